The van der Waals surface area contributed by atoms with Crippen LogP contribution in [0.3, 0.4) is 0 Å². The van der Waals surface area contributed by atoms with Gasteiger partial charge in [0.15, 0.2) is 5.82 Å². The summed E-state index contributed by atoms with van der Waals surface area (Å²) in [7, 11) is 2.79. The van der Waals surface area contributed by atoms with Crippen molar-refractivity contribution in [3.05, 3.63) is 60.0 Å². The molecule has 0 atom stereocenters. The zero-order valence-electron chi connectivity index (χ0n) is 22.4. The van der Waals surface area contributed by atoms with Gasteiger partial charge in [-0.25, -0.2) is 4.98 Å². The Bertz CT molecular complexity index is 1400. The Morgan fingerprint density at radius 1 is 1.20 bits per heavy atom. The number of methoxy groups -OCH3 is 1. The van der Waals surface area contributed by atoms with Gasteiger partial charge in [0.2, 0.25) is 5.95 Å². The number of nitrogens with one attached hydrogen (secondary N) is 2. The van der Waals surface area contributed by atoms with Crippen molar-refractivity contribution in [3.8, 4) is 5.75 Å². The Morgan fingerprint density at radius 2 is 2.00 bits per heavy atom. The minimum Gasteiger partial charge on any atom is -0.495 e. The van der Waals surface area contributed by atoms with Crippen LogP contribution < -0.4 is 25.2 Å². The first-order chi connectivity index (χ1) is 19.3. The number of carbonyl (C=O) groups is 2. The van der Waals surface area contributed by atoms with E-state index in [4.69, 9.17) is 4.74 Å². The lowest BCUT2D eigenvalue weighted by Crippen LogP contribution is -2.48. The van der Waals surface area contributed by atoms with Crippen molar-refractivity contribution in [1.29, 1.82) is 0 Å². The van der Waals surface area contributed by atoms with E-state index in [0.29, 0.717) is 30.0 Å². The van der Waals surface area contributed by atoms with Crippen LogP contribution in [0.15, 0.2) is 48.8 Å². The molecule has 2 N–H and O–H groups in total. The van der Waals surface area contributed by atoms with Crippen LogP contribution in [-0.4, -0.2) is 66.0 Å². The number of pyridine rings is 1. The average Bonchev–Trinajstić information content (AvgIpc) is 3.48. The Labute approximate surface area is 233 Å². The van der Waals surface area contributed by atoms with Gasteiger partial charge in [0.1, 0.15) is 11.4 Å². The van der Waals surface area contributed by atoms with E-state index in [-0.39, 0.29) is 32.3 Å². The highest BCUT2D eigenvalue weighted by Gasteiger charge is 2.48. The van der Waals surface area contributed by atoms with Gasteiger partial charge in [-0.2, -0.15) is 13.8 Å². The van der Waals surface area contributed by atoms with Gasteiger partial charge < -0.3 is 25.2 Å². The van der Waals surface area contributed by atoms with Crippen molar-refractivity contribution in [1.82, 2.24) is 20.3 Å². The molecule has 0 saturated heterocycles. The molecule has 10 nitrogen and oxygen atoms in total. The molecule has 1 aliphatic heterocycles. The van der Waals surface area contributed by atoms with E-state index in [2.05, 4.69) is 25.6 Å². The van der Waals surface area contributed by atoms with Crippen LogP contribution in [0.4, 0.5) is 31.9 Å². The van der Waals surface area contributed by atoms with Gasteiger partial charge in [-0.15, -0.1) is 0 Å². The molecule has 1 fully saturated rings. The molecule has 40 heavy (non-hydrogen) atoms. The lowest BCUT2D eigenvalue weighted by Gasteiger charge is -2.31. The van der Waals surface area contributed by atoms with Crippen LogP contribution in [0.1, 0.15) is 44.6 Å². The number of carbonyl (C=O) groups excluding carboxylic acids is 2. The van der Waals surface area contributed by atoms with Gasteiger partial charge in [-0.3, -0.25) is 14.6 Å². The third-order valence-corrected chi connectivity index (χ3v) is 7.24. The molecule has 3 heterocycles. The molecule has 2 aliphatic rings. The summed E-state index contributed by atoms with van der Waals surface area (Å²) < 4.78 is 35.2. The summed E-state index contributed by atoms with van der Waals surface area (Å²) >= 11 is 0. The number of aromatic nitrogens is 3. The van der Waals surface area contributed by atoms with E-state index in [1.807, 2.05) is 18.2 Å². The second-order valence-electron chi connectivity index (χ2n) is 9.90. The summed E-state index contributed by atoms with van der Waals surface area (Å²) in [5, 5.41) is 5.95. The van der Waals surface area contributed by atoms with Gasteiger partial charge in [0.25, 0.3) is 11.8 Å². The molecule has 1 saturated carbocycles. The lowest BCUT2D eigenvalue weighted by atomic mass is 10.1. The van der Waals surface area contributed by atoms with Crippen LogP contribution >= 0.6 is 0 Å². The maximum Gasteiger partial charge on any atom is 0.342 e. The number of halogens is 2. The molecule has 0 spiro atoms. The Hall–Kier alpha value is -4.35. The molecule has 0 radical (unpaired) electrons. The largest absolute Gasteiger partial charge is 0.495 e. The average molecular weight is 556 g/mol. The molecule has 5 rings (SSSR count). The molecule has 2 aromatic heterocycles. The van der Waals surface area contributed by atoms with E-state index in [0.717, 1.165) is 36.3 Å². The summed E-state index contributed by atoms with van der Waals surface area (Å²) in [6.07, 6.45) is 7.05. The minimum atomic E-state index is -3.55. The van der Waals surface area contributed by atoms with Gasteiger partial charge in [-0.05, 0) is 43.2 Å². The summed E-state index contributed by atoms with van der Waals surface area (Å²) in [6, 6.07) is 10.4. The monoisotopic (exact) mass is 555 g/mol. The maximum atomic E-state index is 14.8. The molecule has 2 amide bonds. The highest BCUT2D eigenvalue weighted by atomic mass is 19.3. The van der Waals surface area contributed by atoms with E-state index < -0.39 is 18.4 Å². The number of ether oxygens (including phenoxy) is 1. The smallest absolute Gasteiger partial charge is 0.342 e. The molecule has 0 unspecified atom stereocenters. The van der Waals surface area contributed by atoms with Crippen LogP contribution in [0, 0.1) is 0 Å². The van der Waals surface area contributed by atoms with Crippen LogP contribution in [-0.2, 0) is 11.2 Å². The molecule has 214 valence electrons. The Balaban J connectivity index is 0.00000242. The number of amides is 2. The van der Waals surface area contributed by atoms with Gasteiger partial charge in [0, 0.05) is 46.4 Å². The van der Waals surface area contributed by atoms with Crippen molar-refractivity contribution in [2.45, 2.75) is 44.1 Å². The van der Waals surface area contributed by atoms with Crippen molar-refractivity contribution < 1.29 is 26.0 Å². The summed E-state index contributed by atoms with van der Waals surface area (Å²) in [6.45, 7) is -0.313. The van der Waals surface area contributed by atoms with E-state index in [9.17, 15) is 18.4 Å². The van der Waals surface area contributed by atoms with Crippen LogP contribution in [0.2, 0.25) is 0 Å². The zero-order valence-corrected chi connectivity index (χ0v) is 22.4. The first kappa shape index (κ1) is 27.2. The SMILES string of the molecule is COc1cc(C(=O)NCCc2ccccn2)ccc1Nc1ncc2c(n1)N(C1CCCC1)CC(F)(F)C(=O)N2C.[HH].[HH]. The highest BCUT2D eigenvalue weighted by Crippen LogP contribution is 2.40. The summed E-state index contributed by atoms with van der Waals surface area (Å²) in [5.41, 5.74) is 2.00. The maximum absolute atomic E-state index is 14.8. The van der Waals surface area contributed by atoms with Gasteiger partial charge in [-0.1, -0.05) is 18.9 Å². The molecule has 0 bridgehead atoms. The third kappa shape index (κ3) is 5.65. The van der Waals surface area contributed by atoms with Crippen molar-refractivity contribution in [2.24, 2.45) is 0 Å². The summed E-state index contributed by atoms with van der Waals surface area (Å²) in [5.74, 6) is -4.29. The summed E-state index contributed by atoms with van der Waals surface area (Å²) in [4.78, 5) is 40.8. The predicted molar refractivity (Wildman–Crippen MR) is 151 cm³/mol. The molecule has 1 aliphatic carbocycles. The quantitative estimate of drug-likeness (QED) is 0.419. The van der Waals surface area contributed by atoms with Gasteiger partial charge in [0.05, 0.1) is 25.5 Å². The molecule has 3 aromatic rings. The number of benzene rings is 1. The van der Waals surface area contributed by atoms with Gasteiger partial charge >= 0.3 is 5.92 Å². The van der Waals surface area contributed by atoms with E-state index >= 15 is 0 Å². The standard InChI is InChI=1S/C28H31F2N7O3.2H2/c1-36-22-16-33-27(35-24(22)37(20-8-3-4-9-20)17-28(29,30)26(36)39)34-21-11-10-18(15-23(21)40-2)25(38)32-14-12-19-7-5-6-13-31-19;;/h5-7,10-11,13,15-16,20H,3-4,8-9,12,14,17H2,1-2H3,(H,32,38)(H,33,34,35);2*1H. The number of hydrogen-bond acceptors (Lipinski definition) is 8. The molecular weight excluding hydrogens is 520 g/mol. The van der Waals surface area contributed by atoms with Crippen LogP contribution in [0.5, 0.6) is 5.75 Å². The zero-order chi connectivity index (χ0) is 28.3. The fraction of sp³-hybridized carbons (Fsp3) is 0.393. The molecule has 1 aromatic carbocycles. The Morgan fingerprint density at radius 3 is 2.73 bits per heavy atom. The van der Waals surface area contributed by atoms with E-state index in [1.165, 1.54) is 20.4 Å². The fourth-order valence-electron chi connectivity index (χ4n) is 5.11. The second kappa shape index (κ2) is 11.4. The number of alkyl halides is 2. The fourth-order valence-corrected chi connectivity index (χ4v) is 5.11. The number of anilines is 4. The normalized spacial score (nSPS) is 16.9. The molecular formula is C28H35F2N7O3. The number of rotatable bonds is 8. The van der Waals surface area contributed by atoms with Crippen molar-refractivity contribution >= 4 is 35.0 Å². The predicted octanol–water partition coefficient (Wildman–Crippen LogP) is 4.45. The van der Waals surface area contributed by atoms with E-state index in [1.54, 1.807) is 29.3 Å². The van der Waals surface area contributed by atoms with Crippen LogP contribution in [0.25, 0.3) is 0 Å². The van der Waals surface area contributed by atoms with Crippen molar-refractivity contribution in [2.75, 3.05) is 42.4 Å². The number of nitrogens with zero attached hydrogens (tertiary/aromatic N) is 5. The number of fused-ring (bicyclic) bond motifs is 1. The highest BCUT2D eigenvalue weighted by molar-refractivity contribution is 6.02. The first-order valence-corrected chi connectivity index (χ1v) is 13.2. The third-order valence-electron chi connectivity index (χ3n) is 7.24. The minimum absolute atomic E-state index is 0. The topological polar surface area (TPSA) is 113 Å². The van der Waals surface area contributed by atoms with Crippen molar-refractivity contribution in [3.63, 3.8) is 0 Å². The molecule has 12 heteroatoms. The number of hydrogen-bond donors (Lipinski definition) is 2. The Kier molecular flexibility index (Phi) is 7.76. The first-order valence-electron chi connectivity index (χ1n) is 13.2. The second-order valence-corrected chi connectivity index (χ2v) is 9.90. The lowest BCUT2D eigenvalue weighted by molar-refractivity contribution is -0.140.